The zero-order valence-corrected chi connectivity index (χ0v) is 15.2. The molecule has 2 heterocycles. The molecule has 3 aromatic rings. The number of hydrogen-bond acceptors (Lipinski definition) is 4. The number of hydrogen-bond donors (Lipinski definition) is 0. The summed E-state index contributed by atoms with van der Waals surface area (Å²) in [7, 11) is 0. The molecule has 1 saturated heterocycles. The molecule has 1 aromatic heterocycles. The summed E-state index contributed by atoms with van der Waals surface area (Å²) < 4.78 is 26.1. The number of halogens is 2. The summed E-state index contributed by atoms with van der Waals surface area (Å²) in [4.78, 5) is 14.7. The summed E-state index contributed by atoms with van der Waals surface area (Å²) in [6.07, 6.45) is 1.44. The van der Waals surface area contributed by atoms with Gasteiger partial charge in [-0.3, -0.25) is 4.79 Å². The van der Waals surface area contributed by atoms with Crippen LogP contribution >= 0.6 is 0 Å². The van der Waals surface area contributed by atoms with Crippen LogP contribution in [-0.2, 0) is 0 Å². The second-order valence-electron chi connectivity index (χ2n) is 6.92. The Morgan fingerprint density at radius 3 is 2.00 bits per heavy atom. The highest BCUT2D eigenvalue weighted by Crippen LogP contribution is 2.26. The fourth-order valence-electron chi connectivity index (χ4n) is 3.49. The second-order valence-corrected chi connectivity index (χ2v) is 6.92. The highest BCUT2D eigenvalue weighted by molar-refractivity contribution is 5.97. The molecule has 142 valence electrons. The molecule has 1 fully saturated rings. The summed E-state index contributed by atoms with van der Waals surface area (Å²) in [5, 5.41) is 8.54. The van der Waals surface area contributed by atoms with Crippen molar-refractivity contribution in [2.75, 3.05) is 18.0 Å². The number of benzene rings is 2. The van der Waals surface area contributed by atoms with Crippen molar-refractivity contribution < 1.29 is 13.6 Å². The van der Waals surface area contributed by atoms with Crippen LogP contribution in [0.3, 0.4) is 0 Å². The van der Waals surface area contributed by atoms with Gasteiger partial charge in [0.1, 0.15) is 11.6 Å². The zero-order valence-electron chi connectivity index (χ0n) is 15.2. The molecular weight excluding hydrogens is 360 g/mol. The maximum Gasteiger partial charge on any atom is 0.166 e. The molecule has 0 bridgehead atoms. The van der Waals surface area contributed by atoms with Crippen molar-refractivity contribution in [1.82, 2.24) is 10.2 Å². The first-order chi connectivity index (χ1) is 13.6. The number of anilines is 1. The third-order valence-corrected chi connectivity index (χ3v) is 5.11. The topological polar surface area (TPSA) is 46.1 Å². The van der Waals surface area contributed by atoms with Crippen LogP contribution < -0.4 is 4.90 Å². The molecule has 28 heavy (non-hydrogen) atoms. The van der Waals surface area contributed by atoms with E-state index in [4.69, 9.17) is 0 Å². The largest absolute Gasteiger partial charge is 0.355 e. The molecule has 1 aliphatic heterocycles. The summed E-state index contributed by atoms with van der Waals surface area (Å²) in [6.45, 7) is 1.42. The van der Waals surface area contributed by atoms with Crippen LogP contribution in [0.25, 0.3) is 11.3 Å². The number of ketones is 1. The van der Waals surface area contributed by atoms with E-state index < -0.39 is 0 Å². The Morgan fingerprint density at radius 2 is 1.43 bits per heavy atom. The number of Topliss-reactive ketones (excluding diaryl/α,β-unsaturated/α-hetero) is 1. The minimum absolute atomic E-state index is 0.0619. The Balaban J connectivity index is 1.39. The Kier molecular flexibility index (Phi) is 5.10. The number of carbonyl (C=O) groups is 1. The quantitative estimate of drug-likeness (QED) is 0.625. The zero-order chi connectivity index (χ0) is 19.5. The van der Waals surface area contributed by atoms with Crippen molar-refractivity contribution in [3.8, 4) is 11.3 Å². The number of nitrogens with zero attached hydrogens (tertiary/aromatic N) is 3. The Hall–Kier alpha value is -3.15. The summed E-state index contributed by atoms with van der Waals surface area (Å²) in [6, 6.07) is 15.6. The van der Waals surface area contributed by atoms with Crippen LogP contribution in [0.5, 0.6) is 0 Å². The van der Waals surface area contributed by atoms with Crippen LogP contribution in [0.2, 0.25) is 0 Å². The minimum atomic E-state index is -0.339. The molecule has 0 N–H and O–H groups in total. The molecule has 0 amide bonds. The smallest absolute Gasteiger partial charge is 0.166 e. The lowest BCUT2D eigenvalue weighted by Crippen LogP contribution is -2.37. The van der Waals surface area contributed by atoms with Gasteiger partial charge in [-0.25, -0.2) is 8.78 Å². The predicted molar refractivity (Wildman–Crippen MR) is 103 cm³/mol. The molecule has 0 saturated carbocycles. The van der Waals surface area contributed by atoms with E-state index in [0.717, 1.165) is 24.2 Å². The Labute approximate surface area is 161 Å². The molecular formula is C22H19F2N3O. The Bertz CT molecular complexity index is 949. The van der Waals surface area contributed by atoms with Crippen molar-refractivity contribution in [3.05, 3.63) is 77.9 Å². The fourth-order valence-corrected chi connectivity index (χ4v) is 3.49. The van der Waals surface area contributed by atoms with Gasteiger partial charge in [0, 0.05) is 30.1 Å². The molecule has 0 unspecified atom stereocenters. The van der Waals surface area contributed by atoms with Crippen LogP contribution in [0.15, 0.2) is 60.7 Å². The van der Waals surface area contributed by atoms with Gasteiger partial charge in [-0.05, 0) is 73.5 Å². The highest BCUT2D eigenvalue weighted by Gasteiger charge is 2.26. The van der Waals surface area contributed by atoms with Crippen LogP contribution in [0.4, 0.5) is 14.6 Å². The molecule has 1 aliphatic rings. The van der Waals surface area contributed by atoms with E-state index in [2.05, 4.69) is 15.1 Å². The molecule has 0 spiro atoms. The third kappa shape index (κ3) is 3.91. The van der Waals surface area contributed by atoms with Gasteiger partial charge in [0.15, 0.2) is 11.6 Å². The molecule has 0 aliphatic carbocycles. The van der Waals surface area contributed by atoms with Gasteiger partial charge in [-0.2, -0.15) is 0 Å². The van der Waals surface area contributed by atoms with Gasteiger partial charge in [-0.15, -0.1) is 10.2 Å². The van der Waals surface area contributed by atoms with Gasteiger partial charge < -0.3 is 4.90 Å². The molecule has 4 nitrogen and oxygen atoms in total. The first-order valence-electron chi connectivity index (χ1n) is 9.24. The van der Waals surface area contributed by atoms with E-state index in [0.29, 0.717) is 24.3 Å². The molecule has 4 rings (SSSR count). The predicted octanol–water partition coefficient (Wildman–Crippen LogP) is 4.52. The molecule has 0 atom stereocenters. The maximum atomic E-state index is 13.0. The first kappa shape index (κ1) is 18.2. The second kappa shape index (κ2) is 7.84. The van der Waals surface area contributed by atoms with Gasteiger partial charge >= 0.3 is 0 Å². The van der Waals surface area contributed by atoms with E-state index in [1.807, 2.05) is 12.1 Å². The van der Waals surface area contributed by atoms with E-state index in [-0.39, 0.29) is 23.3 Å². The van der Waals surface area contributed by atoms with Gasteiger partial charge in [0.2, 0.25) is 0 Å². The molecule has 0 radical (unpaired) electrons. The monoisotopic (exact) mass is 379 g/mol. The highest BCUT2D eigenvalue weighted by atomic mass is 19.1. The van der Waals surface area contributed by atoms with Gasteiger partial charge in [0.05, 0.1) is 5.69 Å². The third-order valence-electron chi connectivity index (χ3n) is 5.11. The van der Waals surface area contributed by atoms with E-state index >= 15 is 0 Å². The van der Waals surface area contributed by atoms with E-state index in [9.17, 15) is 13.6 Å². The van der Waals surface area contributed by atoms with Crippen LogP contribution in [0.1, 0.15) is 23.2 Å². The van der Waals surface area contributed by atoms with Crippen LogP contribution in [0, 0.1) is 17.6 Å². The van der Waals surface area contributed by atoms with Crippen LogP contribution in [-0.4, -0.2) is 29.1 Å². The van der Waals surface area contributed by atoms with Crippen molar-refractivity contribution in [3.63, 3.8) is 0 Å². The van der Waals surface area contributed by atoms with E-state index in [1.54, 1.807) is 24.3 Å². The van der Waals surface area contributed by atoms with Crippen molar-refractivity contribution in [1.29, 1.82) is 0 Å². The average molecular weight is 379 g/mol. The lowest BCUT2D eigenvalue weighted by molar-refractivity contribution is 0.0900. The number of aromatic nitrogens is 2. The fraction of sp³-hybridized carbons (Fsp3) is 0.227. The van der Waals surface area contributed by atoms with Crippen molar-refractivity contribution in [2.45, 2.75) is 12.8 Å². The van der Waals surface area contributed by atoms with Crippen molar-refractivity contribution >= 4 is 11.6 Å². The van der Waals surface area contributed by atoms with Gasteiger partial charge in [-0.1, -0.05) is 0 Å². The Morgan fingerprint density at radius 1 is 0.821 bits per heavy atom. The average Bonchev–Trinajstić information content (AvgIpc) is 2.75. The molecule has 2 aromatic carbocycles. The van der Waals surface area contributed by atoms with E-state index in [1.165, 1.54) is 24.3 Å². The molecule has 6 heteroatoms. The number of rotatable bonds is 4. The lowest BCUT2D eigenvalue weighted by Gasteiger charge is -2.31. The lowest BCUT2D eigenvalue weighted by atomic mass is 9.89. The summed E-state index contributed by atoms with van der Waals surface area (Å²) >= 11 is 0. The standard InChI is InChI=1S/C22H19F2N3O/c23-18-5-1-15(2-6-18)20-9-10-21(26-25-20)27-13-11-17(12-14-27)22(28)16-3-7-19(24)8-4-16/h1-10,17H,11-14H2. The number of piperidine rings is 1. The summed E-state index contributed by atoms with van der Waals surface area (Å²) in [5.41, 5.74) is 2.05. The summed E-state index contributed by atoms with van der Waals surface area (Å²) in [5.74, 6) is 0.143. The number of carbonyl (C=O) groups excluding carboxylic acids is 1. The van der Waals surface area contributed by atoms with Gasteiger partial charge in [0.25, 0.3) is 0 Å². The first-order valence-corrected chi connectivity index (χ1v) is 9.24. The normalized spacial score (nSPS) is 14.9. The minimum Gasteiger partial charge on any atom is -0.355 e. The van der Waals surface area contributed by atoms with Crippen molar-refractivity contribution in [2.24, 2.45) is 5.92 Å². The SMILES string of the molecule is O=C(c1ccc(F)cc1)C1CCN(c2ccc(-c3ccc(F)cc3)nn2)CC1. The maximum absolute atomic E-state index is 13.0.